The lowest BCUT2D eigenvalue weighted by molar-refractivity contribution is 1.05. The highest BCUT2D eigenvalue weighted by atomic mass is 15.2. The fraction of sp³-hybridized carbons (Fsp3) is 0.0417. The summed E-state index contributed by atoms with van der Waals surface area (Å²) in [6, 6.07) is 60.2. The predicted octanol–water partition coefficient (Wildman–Crippen LogP) is 13.3. The second kappa shape index (κ2) is 11.6. The molecule has 0 atom stereocenters. The lowest BCUT2D eigenvalue weighted by atomic mass is 9.93. The molecule has 8 aromatic rings. The Morgan fingerprint density at radius 2 is 1.16 bits per heavy atom. The van der Waals surface area contributed by atoms with Crippen LogP contribution in [0.3, 0.4) is 0 Å². The molecule has 0 saturated carbocycles. The Hall–Kier alpha value is -6.38. The van der Waals surface area contributed by atoms with Crippen LogP contribution in [0.4, 0.5) is 17.1 Å². The van der Waals surface area contributed by atoms with Crippen molar-refractivity contribution < 1.29 is 0 Å². The number of nitrogens with zero attached hydrogens (tertiary/aromatic N) is 2. The van der Waals surface area contributed by atoms with E-state index in [1.54, 1.807) is 0 Å². The maximum Gasteiger partial charge on any atom is 0.0640 e. The summed E-state index contributed by atoms with van der Waals surface area (Å²) in [6.45, 7) is 0. The average Bonchev–Trinajstić information content (AvgIpc) is 3.47. The summed E-state index contributed by atoms with van der Waals surface area (Å²) in [5, 5.41) is 2.51. The number of aromatic nitrogens is 1. The van der Waals surface area contributed by atoms with Gasteiger partial charge in [-0.2, -0.15) is 0 Å². The molecule has 0 fully saturated rings. The fourth-order valence-electron chi connectivity index (χ4n) is 8.15. The highest BCUT2D eigenvalue weighted by Crippen LogP contribution is 2.54. The van der Waals surface area contributed by atoms with Crippen molar-refractivity contribution in [3.8, 4) is 39.1 Å². The molecule has 2 aliphatic rings. The number of rotatable bonds is 4. The van der Waals surface area contributed by atoms with Gasteiger partial charge in [-0.1, -0.05) is 140 Å². The SMILES string of the molecule is C1=CCCC(c2cccc(-n3c4ccccc4c4ccc5c(c43)-c3ccccc3-c3ccccc3N5c3cccc(-c4ccccc4)c3)c2)=C1. The molecule has 10 rings (SSSR count). The van der Waals surface area contributed by atoms with Crippen LogP contribution in [0.25, 0.3) is 66.4 Å². The van der Waals surface area contributed by atoms with Gasteiger partial charge >= 0.3 is 0 Å². The van der Waals surface area contributed by atoms with Crippen LogP contribution in [0, 0.1) is 0 Å². The zero-order chi connectivity index (χ0) is 33.0. The summed E-state index contributed by atoms with van der Waals surface area (Å²) in [6.07, 6.45) is 8.87. The topological polar surface area (TPSA) is 8.17 Å². The van der Waals surface area contributed by atoms with Crippen LogP contribution in [0.5, 0.6) is 0 Å². The van der Waals surface area contributed by atoms with Crippen molar-refractivity contribution in [3.05, 3.63) is 188 Å². The van der Waals surface area contributed by atoms with Gasteiger partial charge in [0.25, 0.3) is 0 Å². The van der Waals surface area contributed by atoms with Gasteiger partial charge in [-0.3, -0.25) is 0 Å². The number of anilines is 3. The Balaban J connectivity index is 1.32. The summed E-state index contributed by atoms with van der Waals surface area (Å²) in [7, 11) is 0. The lowest BCUT2D eigenvalue weighted by Gasteiger charge is -2.28. The first kappa shape index (κ1) is 28.6. The van der Waals surface area contributed by atoms with Crippen molar-refractivity contribution in [2.75, 3.05) is 4.90 Å². The average molecular weight is 639 g/mol. The molecule has 1 aliphatic heterocycles. The predicted molar refractivity (Wildman–Crippen MR) is 212 cm³/mol. The largest absolute Gasteiger partial charge is 0.309 e. The maximum absolute atomic E-state index is 2.51. The highest BCUT2D eigenvalue weighted by Gasteiger charge is 2.30. The smallest absolute Gasteiger partial charge is 0.0640 e. The van der Waals surface area contributed by atoms with E-state index in [0.29, 0.717) is 0 Å². The van der Waals surface area contributed by atoms with Crippen molar-refractivity contribution >= 4 is 44.4 Å². The molecule has 0 amide bonds. The molecule has 0 N–H and O–H groups in total. The minimum atomic E-state index is 1.06. The van der Waals surface area contributed by atoms with Crippen LogP contribution in [0.2, 0.25) is 0 Å². The second-order valence-corrected chi connectivity index (χ2v) is 13.2. The third-order valence-corrected chi connectivity index (χ3v) is 10.4. The lowest BCUT2D eigenvalue weighted by Crippen LogP contribution is -2.11. The first-order valence-corrected chi connectivity index (χ1v) is 17.5. The number of para-hydroxylation sites is 2. The van der Waals surface area contributed by atoms with E-state index < -0.39 is 0 Å². The quantitative estimate of drug-likeness (QED) is 0.186. The minimum absolute atomic E-state index is 1.06. The van der Waals surface area contributed by atoms with Crippen molar-refractivity contribution in [1.82, 2.24) is 4.57 Å². The molecule has 7 aromatic carbocycles. The number of hydrogen-bond donors (Lipinski definition) is 0. The van der Waals surface area contributed by atoms with Gasteiger partial charge in [0.15, 0.2) is 0 Å². The van der Waals surface area contributed by atoms with Crippen LogP contribution in [-0.4, -0.2) is 4.57 Å². The van der Waals surface area contributed by atoms with Crippen LogP contribution in [0.1, 0.15) is 18.4 Å². The Morgan fingerprint density at radius 1 is 0.460 bits per heavy atom. The molecule has 2 heteroatoms. The molecule has 0 saturated heterocycles. The molecule has 50 heavy (non-hydrogen) atoms. The summed E-state index contributed by atoms with van der Waals surface area (Å²) in [5.41, 5.74) is 17.1. The minimum Gasteiger partial charge on any atom is -0.309 e. The van der Waals surface area contributed by atoms with Gasteiger partial charge in [0.1, 0.15) is 0 Å². The number of allylic oxidation sites excluding steroid dienone is 4. The van der Waals surface area contributed by atoms with Crippen molar-refractivity contribution in [3.63, 3.8) is 0 Å². The van der Waals surface area contributed by atoms with Gasteiger partial charge in [-0.25, -0.2) is 0 Å². The second-order valence-electron chi connectivity index (χ2n) is 13.2. The molecule has 0 bridgehead atoms. The van der Waals surface area contributed by atoms with Crippen LogP contribution < -0.4 is 4.90 Å². The molecule has 2 nitrogen and oxygen atoms in total. The fourth-order valence-corrected chi connectivity index (χ4v) is 8.15. The first-order valence-electron chi connectivity index (χ1n) is 17.5. The van der Waals surface area contributed by atoms with E-state index >= 15 is 0 Å². The summed E-state index contributed by atoms with van der Waals surface area (Å²) < 4.78 is 2.51. The van der Waals surface area contributed by atoms with Gasteiger partial charge in [0.2, 0.25) is 0 Å². The van der Waals surface area contributed by atoms with Gasteiger partial charge in [0, 0.05) is 33.3 Å². The van der Waals surface area contributed by atoms with Crippen molar-refractivity contribution in [1.29, 1.82) is 0 Å². The van der Waals surface area contributed by atoms with Gasteiger partial charge in [-0.05, 0) is 88.7 Å². The molecule has 0 unspecified atom stereocenters. The molecular formula is C48H34N2. The molecule has 0 radical (unpaired) electrons. The number of hydrogen-bond acceptors (Lipinski definition) is 1. The van der Waals surface area contributed by atoms with E-state index in [-0.39, 0.29) is 0 Å². The van der Waals surface area contributed by atoms with E-state index in [1.165, 1.54) is 83.4 Å². The van der Waals surface area contributed by atoms with Crippen molar-refractivity contribution in [2.24, 2.45) is 0 Å². The number of fused-ring (bicyclic) bond motifs is 9. The molecular weight excluding hydrogens is 605 g/mol. The summed E-state index contributed by atoms with van der Waals surface area (Å²) >= 11 is 0. The standard InChI is InChI=1S/C48H34N2/c1-3-15-33(16-4-1)35-19-13-21-37(31-35)49-44-27-11-9-24-40(44)39-23-7-8-26-42(39)47-46(49)30-29-43-41-25-10-12-28-45(41)50(48(43)47)38-22-14-20-36(32-38)34-17-5-2-6-18-34/h1-5,7-17,19-32H,6,18H2. The van der Waals surface area contributed by atoms with Crippen LogP contribution >= 0.6 is 0 Å². The monoisotopic (exact) mass is 638 g/mol. The highest BCUT2D eigenvalue weighted by molar-refractivity contribution is 6.19. The van der Waals surface area contributed by atoms with Gasteiger partial charge < -0.3 is 9.47 Å². The third-order valence-electron chi connectivity index (χ3n) is 10.4. The normalized spacial score (nSPS) is 13.4. The van der Waals surface area contributed by atoms with E-state index in [4.69, 9.17) is 0 Å². The Bertz CT molecular complexity index is 2650. The Morgan fingerprint density at radius 3 is 2.02 bits per heavy atom. The zero-order valence-corrected chi connectivity index (χ0v) is 27.6. The molecule has 0 spiro atoms. The maximum atomic E-state index is 2.51. The Kier molecular flexibility index (Phi) is 6.67. The van der Waals surface area contributed by atoms with E-state index in [2.05, 4.69) is 191 Å². The third kappa shape index (κ3) is 4.49. The first-order chi connectivity index (χ1) is 24.8. The van der Waals surface area contributed by atoms with Gasteiger partial charge in [-0.15, -0.1) is 0 Å². The molecule has 236 valence electrons. The molecule has 2 heterocycles. The van der Waals surface area contributed by atoms with Gasteiger partial charge in [0.05, 0.1) is 22.4 Å². The van der Waals surface area contributed by atoms with E-state index in [1.807, 2.05) is 0 Å². The van der Waals surface area contributed by atoms with Crippen molar-refractivity contribution in [2.45, 2.75) is 12.8 Å². The van der Waals surface area contributed by atoms with Crippen LogP contribution in [-0.2, 0) is 0 Å². The summed E-state index contributed by atoms with van der Waals surface area (Å²) in [5.74, 6) is 0. The summed E-state index contributed by atoms with van der Waals surface area (Å²) in [4.78, 5) is 2.48. The van der Waals surface area contributed by atoms with E-state index in [9.17, 15) is 0 Å². The Labute approximate surface area is 292 Å². The number of benzene rings is 7. The molecule has 1 aliphatic carbocycles. The molecule has 1 aromatic heterocycles. The van der Waals surface area contributed by atoms with E-state index in [0.717, 1.165) is 18.5 Å². The zero-order valence-electron chi connectivity index (χ0n) is 27.6. The van der Waals surface area contributed by atoms with Crippen LogP contribution in [0.15, 0.2) is 182 Å².